The van der Waals surface area contributed by atoms with E-state index in [0.717, 1.165) is 72.5 Å². The van der Waals surface area contributed by atoms with Crippen molar-refractivity contribution in [2.45, 2.75) is 0 Å². The predicted molar refractivity (Wildman–Crippen MR) is 279 cm³/mol. The Hall–Kier alpha value is -9.06. The van der Waals surface area contributed by atoms with E-state index in [2.05, 4.69) is 243 Å². The molecule has 0 fully saturated rings. The number of benzene rings is 10. The van der Waals surface area contributed by atoms with Crippen molar-refractivity contribution in [3.05, 3.63) is 231 Å². The quantitative estimate of drug-likeness (QED) is 0.170. The van der Waals surface area contributed by atoms with Crippen molar-refractivity contribution in [3.8, 4) is 33.9 Å². The van der Waals surface area contributed by atoms with Crippen LogP contribution in [-0.4, -0.2) is 18.3 Å². The van der Waals surface area contributed by atoms with Crippen LogP contribution < -0.4 is 0 Å². The molecular formula is C62H38N4O. The summed E-state index contributed by atoms with van der Waals surface area (Å²) in [5.41, 5.74) is 16.7. The van der Waals surface area contributed by atoms with Crippen molar-refractivity contribution in [1.82, 2.24) is 18.3 Å². The standard InChI is InChI=1S/C62H38N4O/c1-2-16-41(17-3-1)66-59-36-40(29-32-49(59)61-50-23-8-13-28-60(50)67-62(61)66)39-15-14-18-42(35-39)63-57-33-30-43(64-53-24-9-4-19-45(53)46-20-5-10-25-54(46)64)37-51(57)52-38-44(31-34-58(52)63)65-55-26-11-6-21-47(55)48-22-7-12-27-56(48)65/h1-38H. The molecule has 5 heterocycles. The first kappa shape index (κ1) is 36.3. The van der Waals surface area contributed by atoms with Gasteiger partial charge in [-0.25, -0.2) is 0 Å². The monoisotopic (exact) mass is 854 g/mol. The third kappa shape index (κ3) is 5.14. The van der Waals surface area contributed by atoms with E-state index in [1.807, 2.05) is 6.07 Å². The Morgan fingerprint density at radius 3 is 1.25 bits per heavy atom. The number of hydrogen-bond acceptors (Lipinski definition) is 1. The van der Waals surface area contributed by atoms with Crippen LogP contribution in [0.1, 0.15) is 0 Å². The predicted octanol–water partition coefficient (Wildman–Crippen LogP) is 16.5. The molecule has 0 N–H and O–H groups in total. The summed E-state index contributed by atoms with van der Waals surface area (Å²) >= 11 is 0. The number of furan rings is 1. The maximum Gasteiger partial charge on any atom is 0.213 e. The van der Waals surface area contributed by atoms with Gasteiger partial charge in [-0.3, -0.25) is 4.57 Å². The first-order valence-electron chi connectivity index (χ1n) is 22.9. The van der Waals surface area contributed by atoms with E-state index in [4.69, 9.17) is 4.42 Å². The summed E-state index contributed by atoms with van der Waals surface area (Å²) in [6.07, 6.45) is 0. The first-order valence-corrected chi connectivity index (χ1v) is 22.9. The fraction of sp³-hybridized carbons (Fsp3) is 0. The first-order chi connectivity index (χ1) is 33.2. The highest BCUT2D eigenvalue weighted by atomic mass is 16.3. The molecule has 0 saturated carbocycles. The van der Waals surface area contributed by atoms with Gasteiger partial charge in [-0.05, 0) is 108 Å². The molecule has 0 saturated heterocycles. The molecule has 5 nitrogen and oxygen atoms in total. The van der Waals surface area contributed by atoms with Crippen molar-refractivity contribution >= 4 is 98.4 Å². The molecule has 0 aliphatic heterocycles. The van der Waals surface area contributed by atoms with Crippen LogP contribution in [-0.2, 0) is 0 Å². The highest BCUT2D eigenvalue weighted by molar-refractivity contribution is 6.20. The largest absolute Gasteiger partial charge is 0.439 e. The third-order valence-electron chi connectivity index (χ3n) is 14.1. The highest BCUT2D eigenvalue weighted by Crippen LogP contribution is 2.43. The second-order valence-corrected chi connectivity index (χ2v) is 17.7. The average Bonchev–Trinajstić information content (AvgIpc) is 4.18. The number of para-hydroxylation sites is 6. The number of aromatic nitrogens is 4. The lowest BCUT2D eigenvalue weighted by molar-refractivity contribution is 0.645. The normalized spacial score (nSPS) is 12.2. The van der Waals surface area contributed by atoms with E-state index < -0.39 is 0 Å². The molecule has 0 aliphatic carbocycles. The summed E-state index contributed by atoms with van der Waals surface area (Å²) in [5.74, 6) is 0. The van der Waals surface area contributed by atoms with E-state index in [-0.39, 0.29) is 0 Å². The van der Waals surface area contributed by atoms with E-state index in [1.165, 1.54) is 59.8 Å². The number of fused-ring (bicyclic) bond motifs is 14. The van der Waals surface area contributed by atoms with E-state index in [1.54, 1.807) is 0 Å². The summed E-state index contributed by atoms with van der Waals surface area (Å²) in [5, 5.41) is 10.8. The third-order valence-corrected chi connectivity index (χ3v) is 14.1. The Morgan fingerprint density at radius 1 is 0.239 bits per heavy atom. The average molecular weight is 855 g/mol. The molecule has 5 aromatic heterocycles. The summed E-state index contributed by atoms with van der Waals surface area (Å²) in [6, 6.07) is 83.8. The maximum atomic E-state index is 6.62. The minimum Gasteiger partial charge on any atom is -0.439 e. The lowest BCUT2D eigenvalue weighted by atomic mass is 10.0. The summed E-state index contributed by atoms with van der Waals surface area (Å²) < 4.78 is 16.2. The lowest BCUT2D eigenvalue weighted by Crippen LogP contribution is -1.97. The van der Waals surface area contributed by atoms with Gasteiger partial charge in [-0.1, -0.05) is 133 Å². The van der Waals surface area contributed by atoms with Gasteiger partial charge < -0.3 is 18.1 Å². The fourth-order valence-electron chi connectivity index (χ4n) is 11.3. The van der Waals surface area contributed by atoms with E-state index in [9.17, 15) is 0 Å². The summed E-state index contributed by atoms with van der Waals surface area (Å²) in [7, 11) is 0. The zero-order valence-electron chi connectivity index (χ0n) is 36.1. The Labute approximate surface area is 383 Å². The summed E-state index contributed by atoms with van der Waals surface area (Å²) in [6.45, 7) is 0. The Bertz CT molecular complexity index is 4240. The van der Waals surface area contributed by atoms with Crippen molar-refractivity contribution < 1.29 is 4.42 Å². The van der Waals surface area contributed by atoms with E-state index in [0.29, 0.717) is 0 Å². The molecule has 0 amide bonds. The molecule has 15 aromatic rings. The van der Waals surface area contributed by atoms with Crippen LogP contribution in [0.15, 0.2) is 235 Å². The minimum absolute atomic E-state index is 0.860. The SMILES string of the molecule is c1ccc(-n2c3cc(-c4cccc(-n5c6ccc(-n7c8ccccc8c8ccccc87)cc6c6cc(-n7c8ccccc8c8ccccc87)ccc65)c4)ccc3c3c4ccccc4oc32)cc1. The van der Waals surface area contributed by atoms with Crippen LogP contribution in [0.25, 0.3) is 132 Å². The highest BCUT2D eigenvalue weighted by Gasteiger charge is 2.22. The zero-order valence-corrected chi connectivity index (χ0v) is 36.1. The molecule has 0 radical (unpaired) electrons. The van der Waals surface area contributed by atoms with Gasteiger partial charge in [0.05, 0.1) is 44.0 Å². The van der Waals surface area contributed by atoms with Gasteiger partial charge in [-0.15, -0.1) is 0 Å². The second-order valence-electron chi connectivity index (χ2n) is 17.7. The van der Waals surface area contributed by atoms with Crippen molar-refractivity contribution in [3.63, 3.8) is 0 Å². The van der Waals surface area contributed by atoms with Gasteiger partial charge in [0, 0.05) is 65.8 Å². The van der Waals surface area contributed by atoms with Crippen LogP contribution in [0.2, 0.25) is 0 Å². The van der Waals surface area contributed by atoms with Gasteiger partial charge in [-0.2, -0.15) is 0 Å². The molecule has 15 rings (SSSR count). The molecule has 0 bridgehead atoms. The maximum absolute atomic E-state index is 6.62. The number of nitrogens with zero attached hydrogens (tertiary/aromatic N) is 4. The van der Waals surface area contributed by atoms with Crippen molar-refractivity contribution in [2.75, 3.05) is 0 Å². The molecule has 0 unspecified atom stereocenters. The van der Waals surface area contributed by atoms with Gasteiger partial charge in [0.25, 0.3) is 0 Å². The fourth-order valence-corrected chi connectivity index (χ4v) is 11.3. The van der Waals surface area contributed by atoms with Crippen LogP contribution in [0.5, 0.6) is 0 Å². The summed E-state index contributed by atoms with van der Waals surface area (Å²) in [4.78, 5) is 0. The Kier molecular flexibility index (Phi) is 7.44. The zero-order chi connectivity index (χ0) is 43.7. The molecule has 0 spiro atoms. The topological polar surface area (TPSA) is 32.9 Å². The number of rotatable bonds is 5. The minimum atomic E-state index is 0.860. The molecule has 67 heavy (non-hydrogen) atoms. The molecular weight excluding hydrogens is 817 g/mol. The van der Waals surface area contributed by atoms with Crippen LogP contribution >= 0.6 is 0 Å². The van der Waals surface area contributed by atoms with Crippen LogP contribution in [0.3, 0.4) is 0 Å². The molecule has 0 atom stereocenters. The molecule has 312 valence electrons. The van der Waals surface area contributed by atoms with Crippen molar-refractivity contribution in [2.24, 2.45) is 0 Å². The van der Waals surface area contributed by atoms with Gasteiger partial charge >= 0.3 is 0 Å². The Morgan fingerprint density at radius 2 is 0.687 bits per heavy atom. The van der Waals surface area contributed by atoms with Crippen LogP contribution in [0.4, 0.5) is 0 Å². The lowest BCUT2D eigenvalue weighted by Gasteiger charge is -2.13. The second kappa shape index (κ2) is 13.7. The van der Waals surface area contributed by atoms with Gasteiger partial charge in [0.15, 0.2) is 0 Å². The van der Waals surface area contributed by atoms with Crippen LogP contribution in [0, 0.1) is 0 Å². The van der Waals surface area contributed by atoms with Gasteiger partial charge in [0.1, 0.15) is 5.58 Å². The molecule has 5 heteroatoms. The smallest absolute Gasteiger partial charge is 0.213 e. The Balaban J connectivity index is 0.963. The van der Waals surface area contributed by atoms with Gasteiger partial charge in [0.2, 0.25) is 5.71 Å². The van der Waals surface area contributed by atoms with Crippen molar-refractivity contribution in [1.29, 1.82) is 0 Å². The van der Waals surface area contributed by atoms with E-state index >= 15 is 0 Å². The molecule has 0 aliphatic rings. The molecule has 10 aromatic carbocycles. The number of hydrogen-bond donors (Lipinski definition) is 0.